The molecule has 0 aliphatic carbocycles. The topological polar surface area (TPSA) is 49.8 Å². The number of halogens is 1. The second kappa shape index (κ2) is 4.71. The van der Waals surface area contributed by atoms with Crippen molar-refractivity contribution in [1.29, 1.82) is 0 Å². The predicted octanol–water partition coefficient (Wildman–Crippen LogP) is 1.57. The summed E-state index contributed by atoms with van der Waals surface area (Å²) in [5, 5.41) is 9.67. The van der Waals surface area contributed by atoms with Crippen LogP contribution in [0, 0.1) is 5.82 Å². The number of hydrogen-bond acceptors (Lipinski definition) is 4. The summed E-state index contributed by atoms with van der Waals surface area (Å²) < 4.78 is 19.0. The third-order valence-corrected chi connectivity index (χ3v) is 2.80. The summed E-state index contributed by atoms with van der Waals surface area (Å²) in [6, 6.07) is 2.39. The Kier molecular flexibility index (Phi) is 3.28. The van der Waals surface area contributed by atoms with Crippen LogP contribution in [-0.4, -0.2) is 37.2 Å². The molecular weight excluding hydrogens is 225 g/mol. The number of aromatic hydroxyl groups is 1. The number of Topliss-reactive ketones (excluding diaryl/α,β-unsaturated/α-hetero) is 1. The maximum atomic E-state index is 13.8. The van der Waals surface area contributed by atoms with Gasteiger partial charge in [-0.25, -0.2) is 4.39 Å². The normalized spacial score (nSPS) is 16.0. The Balaban J connectivity index is 2.35. The standard InChI is InChI=1S/C12H14FNO3/c1-8(15)9-6-10(13)11(7-12(9)16)14-2-4-17-5-3-14/h6-7,16H,2-5H2,1H3. The van der Waals surface area contributed by atoms with Crippen LogP contribution >= 0.6 is 0 Å². The van der Waals surface area contributed by atoms with Crippen molar-refractivity contribution in [3.63, 3.8) is 0 Å². The van der Waals surface area contributed by atoms with Gasteiger partial charge in [-0.1, -0.05) is 0 Å². The van der Waals surface area contributed by atoms with Gasteiger partial charge in [-0.2, -0.15) is 0 Å². The van der Waals surface area contributed by atoms with Gasteiger partial charge in [0.1, 0.15) is 11.6 Å². The van der Waals surface area contributed by atoms with Crippen molar-refractivity contribution in [2.75, 3.05) is 31.2 Å². The number of anilines is 1. The average Bonchev–Trinajstić information content (AvgIpc) is 2.32. The summed E-state index contributed by atoms with van der Waals surface area (Å²) in [6.07, 6.45) is 0. The molecule has 0 atom stereocenters. The first-order chi connectivity index (χ1) is 8.09. The van der Waals surface area contributed by atoms with Crippen LogP contribution in [0.5, 0.6) is 5.75 Å². The van der Waals surface area contributed by atoms with E-state index in [4.69, 9.17) is 4.74 Å². The molecule has 1 fully saturated rings. The van der Waals surface area contributed by atoms with Gasteiger partial charge < -0.3 is 14.7 Å². The van der Waals surface area contributed by atoms with Crippen LogP contribution in [0.3, 0.4) is 0 Å². The molecule has 0 saturated carbocycles. The van der Waals surface area contributed by atoms with Crippen molar-refractivity contribution in [3.8, 4) is 5.75 Å². The molecule has 1 heterocycles. The molecule has 92 valence electrons. The van der Waals surface area contributed by atoms with E-state index in [1.165, 1.54) is 13.0 Å². The Morgan fingerprint density at radius 2 is 2.06 bits per heavy atom. The first-order valence-electron chi connectivity index (χ1n) is 5.45. The van der Waals surface area contributed by atoms with E-state index in [1.54, 1.807) is 4.90 Å². The monoisotopic (exact) mass is 239 g/mol. The molecule has 0 radical (unpaired) electrons. The number of ether oxygens (including phenoxy) is 1. The molecule has 17 heavy (non-hydrogen) atoms. The highest BCUT2D eigenvalue weighted by Gasteiger charge is 2.18. The number of carbonyl (C=O) groups excluding carboxylic acids is 1. The van der Waals surface area contributed by atoms with Crippen LogP contribution < -0.4 is 4.90 Å². The third-order valence-electron chi connectivity index (χ3n) is 2.80. The van der Waals surface area contributed by atoms with E-state index >= 15 is 0 Å². The molecular formula is C12H14FNO3. The molecule has 0 bridgehead atoms. The summed E-state index contributed by atoms with van der Waals surface area (Å²) in [5.41, 5.74) is 0.329. The van der Waals surface area contributed by atoms with Crippen molar-refractivity contribution in [3.05, 3.63) is 23.5 Å². The van der Waals surface area contributed by atoms with Crippen molar-refractivity contribution in [1.82, 2.24) is 0 Å². The number of phenolic OH excluding ortho intramolecular Hbond substituents is 1. The smallest absolute Gasteiger partial charge is 0.163 e. The Hall–Kier alpha value is -1.62. The van der Waals surface area contributed by atoms with Gasteiger partial charge in [-0.15, -0.1) is 0 Å². The number of ketones is 1. The number of carbonyl (C=O) groups is 1. The van der Waals surface area contributed by atoms with Crippen LogP contribution in [0.1, 0.15) is 17.3 Å². The minimum atomic E-state index is -0.491. The van der Waals surface area contributed by atoms with Crippen molar-refractivity contribution in [2.45, 2.75) is 6.92 Å². The highest BCUT2D eigenvalue weighted by atomic mass is 19.1. The molecule has 5 heteroatoms. The molecule has 1 saturated heterocycles. The van der Waals surface area contributed by atoms with Gasteiger partial charge in [0.15, 0.2) is 5.78 Å². The molecule has 1 aromatic carbocycles. The van der Waals surface area contributed by atoms with Gasteiger partial charge in [0.05, 0.1) is 24.5 Å². The fourth-order valence-corrected chi connectivity index (χ4v) is 1.88. The molecule has 0 aromatic heterocycles. The second-order valence-electron chi connectivity index (χ2n) is 3.98. The van der Waals surface area contributed by atoms with Gasteiger partial charge >= 0.3 is 0 Å². The molecule has 0 unspecified atom stereocenters. The van der Waals surface area contributed by atoms with E-state index in [-0.39, 0.29) is 17.1 Å². The number of rotatable bonds is 2. The maximum absolute atomic E-state index is 13.8. The highest BCUT2D eigenvalue weighted by Crippen LogP contribution is 2.29. The van der Waals surface area contributed by atoms with E-state index in [0.717, 1.165) is 6.07 Å². The quantitative estimate of drug-likeness (QED) is 0.796. The zero-order valence-corrected chi connectivity index (χ0v) is 9.57. The minimum Gasteiger partial charge on any atom is -0.507 e. The lowest BCUT2D eigenvalue weighted by Gasteiger charge is -2.29. The zero-order valence-electron chi connectivity index (χ0n) is 9.57. The van der Waals surface area contributed by atoms with Crippen LogP contribution in [0.15, 0.2) is 12.1 Å². The SMILES string of the molecule is CC(=O)c1cc(F)c(N2CCOCC2)cc1O. The molecule has 1 aliphatic heterocycles. The van der Waals surface area contributed by atoms with E-state index in [9.17, 15) is 14.3 Å². The third kappa shape index (κ3) is 2.39. The van der Waals surface area contributed by atoms with Gasteiger partial charge in [-0.3, -0.25) is 4.79 Å². The second-order valence-corrected chi connectivity index (χ2v) is 3.98. The number of benzene rings is 1. The lowest BCUT2D eigenvalue weighted by atomic mass is 10.1. The number of hydrogen-bond donors (Lipinski definition) is 1. The van der Waals surface area contributed by atoms with Crippen LogP contribution in [-0.2, 0) is 4.74 Å². The number of phenols is 1. The Labute approximate surface area is 98.6 Å². The van der Waals surface area contributed by atoms with E-state index in [2.05, 4.69) is 0 Å². The average molecular weight is 239 g/mol. The van der Waals surface area contributed by atoms with Gasteiger partial charge in [0, 0.05) is 19.2 Å². The van der Waals surface area contributed by atoms with E-state index in [0.29, 0.717) is 32.0 Å². The van der Waals surface area contributed by atoms with E-state index < -0.39 is 5.82 Å². The number of nitrogens with zero attached hydrogens (tertiary/aromatic N) is 1. The lowest BCUT2D eigenvalue weighted by molar-refractivity contribution is 0.101. The van der Waals surface area contributed by atoms with E-state index in [1.807, 2.05) is 0 Å². The predicted molar refractivity (Wildman–Crippen MR) is 61.1 cm³/mol. The van der Waals surface area contributed by atoms with Gasteiger partial charge in [-0.05, 0) is 13.0 Å². The Bertz CT molecular complexity index is 442. The lowest BCUT2D eigenvalue weighted by Crippen LogP contribution is -2.36. The summed E-state index contributed by atoms with van der Waals surface area (Å²) in [7, 11) is 0. The van der Waals surface area contributed by atoms with Gasteiger partial charge in [0.2, 0.25) is 0 Å². The summed E-state index contributed by atoms with van der Waals surface area (Å²) >= 11 is 0. The summed E-state index contributed by atoms with van der Waals surface area (Å²) in [5.74, 6) is -1.02. The summed E-state index contributed by atoms with van der Waals surface area (Å²) in [4.78, 5) is 12.9. The van der Waals surface area contributed by atoms with Crippen molar-refractivity contribution in [2.24, 2.45) is 0 Å². The molecule has 4 nitrogen and oxygen atoms in total. The Morgan fingerprint density at radius 3 is 2.65 bits per heavy atom. The summed E-state index contributed by atoms with van der Waals surface area (Å²) in [6.45, 7) is 3.53. The van der Waals surface area contributed by atoms with Crippen molar-refractivity contribution >= 4 is 11.5 Å². The highest BCUT2D eigenvalue weighted by molar-refractivity contribution is 5.97. The van der Waals surface area contributed by atoms with Crippen molar-refractivity contribution < 1.29 is 19.0 Å². The molecule has 2 rings (SSSR count). The molecule has 0 amide bonds. The number of morpholine rings is 1. The fraction of sp³-hybridized carbons (Fsp3) is 0.417. The van der Waals surface area contributed by atoms with Crippen LogP contribution in [0.4, 0.5) is 10.1 Å². The Morgan fingerprint density at radius 1 is 1.41 bits per heavy atom. The zero-order chi connectivity index (χ0) is 12.4. The van der Waals surface area contributed by atoms with Gasteiger partial charge in [0.25, 0.3) is 0 Å². The maximum Gasteiger partial charge on any atom is 0.163 e. The minimum absolute atomic E-state index is 0.0134. The largest absolute Gasteiger partial charge is 0.507 e. The first kappa shape index (κ1) is 11.9. The molecule has 0 spiro atoms. The van der Waals surface area contributed by atoms with Crippen LogP contribution in [0.25, 0.3) is 0 Å². The molecule has 1 aromatic rings. The fourth-order valence-electron chi connectivity index (χ4n) is 1.88. The van der Waals surface area contributed by atoms with Crippen LogP contribution in [0.2, 0.25) is 0 Å². The molecule has 1 aliphatic rings. The molecule has 1 N–H and O–H groups in total. The first-order valence-corrected chi connectivity index (χ1v) is 5.45.